The summed E-state index contributed by atoms with van der Waals surface area (Å²) in [7, 11) is 3.31. The highest BCUT2D eigenvalue weighted by atomic mass is 16.5. The van der Waals surface area contributed by atoms with Crippen molar-refractivity contribution in [3.63, 3.8) is 0 Å². The molecule has 0 aliphatic carbocycles. The van der Waals surface area contributed by atoms with Gasteiger partial charge in [0.1, 0.15) is 17.8 Å². The van der Waals surface area contributed by atoms with Crippen LogP contribution in [0.2, 0.25) is 0 Å². The molecule has 112 valence electrons. The highest BCUT2D eigenvalue weighted by Crippen LogP contribution is 2.34. The molecule has 0 spiro atoms. The van der Waals surface area contributed by atoms with Crippen LogP contribution in [-0.2, 0) is 0 Å². The SMILES string of the molecule is CCCOc1ccc(Oc2ncnc(NC)c2OC)cc1. The quantitative estimate of drug-likeness (QED) is 0.845. The molecule has 21 heavy (non-hydrogen) atoms. The van der Waals surface area contributed by atoms with Crippen LogP contribution >= 0.6 is 0 Å². The predicted molar refractivity (Wildman–Crippen MR) is 80.4 cm³/mol. The topological polar surface area (TPSA) is 65.5 Å². The molecule has 1 aromatic heterocycles. The lowest BCUT2D eigenvalue weighted by molar-refractivity contribution is 0.316. The van der Waals surface area contributed by atoms with Gasteiger partial charge in [0, 0.05) is 7.05 Å². The molecule has 0 saturated heterocycles. The second-order valence-electron chi connectivity index (χ2n) is 4.23. The fraction of sp³-hybridized carbons (Fsp3) is 0.333. The third-order valence-corrected chi connectivity index (χ3v) is 2.72. The Labute approximate surface area is 124 Å². The molecule has 1 N–H and O–H groups in total. The first-order chi connectivity index (χ1) is 10.3. The highest BCUT2D eigenvalue weighted by Gasteiger charge is 2.13. The van der Waals surface area contributed by atoms with E-state index < -0.39 is 0 Å². The van der Waals surface area contributed by atoms with E-state index in [9.17, 15) is 0 Å². The van der Waals surface area contributed by atoms with Gasteiger partial charge in [0.25, 0.3) is 5.88 Å². The lowest BCUT2D eigenvalue weighted by atomic mass is 10.3. The van der Waals surface area contributed by atoms with E-state index in [0.717, 1.165) is 12.2 Å². The van der Waals surface area contributed by atoms with Gasteiger partial charge in [0.2, 0.25) is 5.75 Å². The number of benzene rings is 1. The van der Waals surface area contributed by atoms with E-state index >= 15 is 0 Å². The molecule has 6 nitrogen and oxygen atoms in total. The fourth-order valence-corrected chi connectivity index (χ4v) is 1.73. The maximum absolute atomic E-state index is 5.73. The van der Waals surface area contributed by atoms with Crippen LogP contribution in [0, 0.1) is 0 Å². The maximum atomic E-state index is 5.73. The summed E-state index contributed by atoms with van der Waals surface area (Å²) >= 11 is 0. The molecule has 6 heteroatoms. The number of nitrogens with one attached hydrogen (secondary N) is 1. The van der Waals surface area contributed by atoms with Gasteiger partial charge in [-0.2, -0.15) is 4.98 Å². The van der Waals surface area contributed by atoms with Crippen LogP contribution in [0.4, 0.5) is 5.82 Å². The summed E-state index contributed by atoms with van der Waals surface area (Å²) in [4.78, 5) is 8.17. The van der Waals surface area contributed by atoms with Crippen LogP contribution in [0.1, 0.15) is 13.3 Å². The van der Waals surface area contributed by atoms with Gasteiger partial charge in [-0.15, -0.1) is 0 Å². The number of ether oxygens (including phenoxy) is 3. The number of anilines is 1. The number of methoxy groups -OCH3 is 1. The Balaban J connectivity index is 2.14. The standard InChI is InChI=1S/C15H19N3O3/c1-4-9-20-11-5-7-12(8-6-11)21-15-13(19-3)14(16-2)17-10-18-15/h5-8,10H,4,9H2,1-3H3,(H,16,17,18). The molecule has 0 aliphatic heterocycles. The van der Waals surface area contributed by atoms with Gasteiger partial charge in [-0.3, -0.25) is 0 Å². The Hall–Kier alpha value is -2.50. The zero-order valence-electron chi connectivity index (χ0n) is 12.4. The minimum Gasteiger partial charge on any atom is -0.494 e. The smallest absolute Gasteiger partial charge is 0.268 e. The summed E-state index contributed by atoms with van der Waals surface area (Å²) in [6.07, 6.45) is 2.39. The molecule has 0 unspecified atom stereocenters. The second kappa shape index (κ2) is 7.33. The summed E-state index contributed by atoms with van der Waals surface area (Å²) in [5, 5.41) is 2.93. The molecule has 2 aromatic rings. The predicted octanol–water partition coefficient (Wildman–Crippen LogP) is 3.11. The maximum Gasteiger partial charge on any atom is 0.268 e. The number of hydrogen-bond donors (Lipinski definition) is 1. The third-order valence-electron chi connectivity index (χ3n) is 2.72. The fourth-order valence-electron chi connectivity index (χ4n) is 1.73. The van der Waals surface area contributed by atoms with Crippen LogP contribution in [0.15, 0.2) is 30.6 Å². The van der Waals surface area contributed by atoms with Gasteiger partial charge in [0.15, 0.2) is 5.82 Å². The van der Waals surface area contributed by atoms with E-state index in [-0.39, 0.29) is 0 Å². The van der Waals surface area contributed by atoms with E-state index in [0.29, 0.717) is 29.8 Å². The minimum atomic E-state index is 0.360. The van der Waals surface area contributed by atoms with Crippen molar-refractivity contribution in [3.05, 3.63) is 30.6 Å². The van der Waals surface area contributed by atoms with Crippen molar-refractivity contribution in [1.29, 1.82) is 0 Å². The monoisotopic (exact) mass is 289 g/mol. The van der Waals surface area contributed by atoms with Gasteiger partial charge in [-0.05, 0) is 30.7 Å². The first kappa shape index (κ1) is 14.9. The Bertz CT molecular complexity index is 573. The van der Waals surface area contributed by atoms with Gasteiger partial charge < -0.3 is 19.5 Å². The molecule has 0 saturated carbocycles. The molecule has 0 radical (unpaired) electrons. The van der Waals surface area contributed by atoms with Crippen molar-refractivity contribution in [2.45, 2.75) is 13.3 Å². The Kier molecular flexibility index (Phi) is 5.20. The summed E-state index contributed by atoms with van der Waals surface area (Å²) in [5.74, 6) is 2.86. The first-order valence-corrected chi connectivity index (χ1v) is 6.76. The van der Waals surface area contributed by atoms with Gasteiger partial charge in [-0.25, -0.2) is 4.98 Å². The van der Waals surface area contributed by atoms with Gasteiger partial charge in [0.05, 0.1) is 13.7 Å². The van der Waals surface area contributed by atoms with Crippen LogP contribution in [0.3, 0.4) is 0 Å². The van der Waals surface area contributed by atoms with Crippen molar-refractivity contribution >= 4 is 5.82 Å². The van der Waals surface area contributed by atoms with E-state index in [2.05, 4.69) is 22.2 Å². The first-order valence-electron chi connectivity index (χ1n) is 6.76. The van der Waals surface area contributed by atoms with Crippen molar-refractivity contribution < 1.29 is 14.2 Å². The number of hydrogen-bond acceptors (Lipinski definition) is 6. The Morgan fingerprint density at radius 2 is 1.81 bits per heavy atom. The van der Waals surface area contributed by atoms with Gasteiger partial charge >= 0.3 is 0 Å². The van der Waals surface area contributed by atoms with Crippen molar-refractivity contribution in [3.8, 4) is 23.1 Å². The molecule has 0 amide bonds. The molecule has 1 aromatic carbocycles. The third kappa shape index (κ3) is 3.75. The highest BCUT2D eigenvalue weighted by molar-refractivity contribution is 5.55. The zero-order valence-corrected chi connectivity index (χ0v) is 12.4. The molecule has 0 atom stereocenters. The second-order valence-corrected chi connectivity index (χ2v) is 4.23. The summed E-state index contributed by atoms with van der Waals surface area (Å²) < 4.78 is 16.5. The molecular weight excluding hydrogens is 270 g/mol. The minimum absolute atomic E-state index is 0.360. The average molecular weight is 289 g/mol. The van der Waals surface area contributed by atoms with E-state index in [1.165, 1.54) is 6.33 Å². The van der Waals surface area contributed by atoms with Crippen LogP contribution in [0.5, 0.6) is 23.1 Å². The zero-order chi connectivity index (χ0) is 15.1. The summed E-state index contributed by atoms with van der Waals surface area (Å²) in [6, 6.07) is 7.37. The molecule has 1 heterocycles. The molecular formula is C15H19N3O3. The molecule has 0 aliphatic rings. The molecule has 0 bridgehead atoms. The lowest BCUT2D eigenvalue weighted by Crippen LogP contribution is -2.01. The van der Waals surface area contributed by atoms with Crippen molar-refractivity contribution in [1.82, 2.24) is 9.97 Å². The van der Waals surface area contributed by atoms with E-state index in [4.69, 9.17) is 14.2 Å². The van der Waals surface area contributed by atoms with Crippen molar-refractivity contribution in [2.75, 3.05) is 26.1 Å². The Morgan fingerprint density at radius 3 is 2.43 bits per heavy atom. The van der Waals surface area contributed by atoms with Crippen LogP contribution < -0.4 is 19.5 Å². The molecule has 0 fully saturated rings. The summed E-state index contributed by atoms with van der Waals surface area (Å²) in [5.41, 5.74) is 0. The summed E-state index contributed by atoms with van der Waals surface area (Å²) in [6.45, 7) is 2.77. The van der Waals surface area contributed by atoms with Crippen LogP contribution in [-0.4, -0.2) is 30.7 Å². The number of nitrogens with zero attached hydrogens (tertiary/aromatic N) is 2. The largest absolute Gasteiger partial charge is 0.494 e. The lowest BCUT2D eigenvalue weighted by Gasteiger charge is -2.12. The Morgan fingerprint density at radius 1 is 1.10 bits per heavy atom. The van der Waals surface area contributed by atoms with E-state index in [1.54, 1.807) is 14.2 Å². The normalized spacial score (nSPS) is 10.0. The number of rotatable bonds is 7. The van der Waals surface area contributed by atoms with Crippen LogP contribution in [0.25, 0.3) is 0 Å². The average Bonchev–Trinajstić information content (AvgIpc) is 2.54. The van der Waals surface area contributed by atoms with Crippen molar-refractivity contribution in [2.24, 2.45) is 0 Å². The van der Waals surface area contributed by atoms with Gasteiger partial charge in [-0.1, -0.05) is 6.92 Å². The molecule has 2 rings (SSSR count). The number of aromatic nitrogens is 2. The van der Waals surface area contributed by atoms with E-state index in [1.807, 2.05) is 24.3 Å².